The number of fused-ring (bicyclic) bond motifs is 3. The van der Waals surface area contributed by atoms with Crippen LogP contribution in [0.2, 0.25) is 0 Å². The number of aromatic amines is 1. The number of hydrogen-bond donors (Lipinski definition) is 1. The van der Waals surface area contributed by atoms with Crippen molar-refractivity contribution in [1.29, 1.82) is 0 Å². The second-order valence-corrected chi connectivity index (χ2v) is 5.81. The molecule has 0 fully saturated rings. The SMILES string of the molecule is O=C1C[C@@H](c2ccsc2)c2c(c3ccccc3[nH]c2=O)O1. The van der Waals surface area contributed by atoms with Crippen LogP contribution in [0.5, 0.6) is 5.75 Å². The Kier molecular flexibility index (Phi) is 2.68. The zero-order chi connectivity index (χ0) is 14.4. The smallest absolute Gasteiger partial charge is 0.312 e. The zero-order valence-corrected chi connectivity index (χ0v) is 11.8. The second kappa shape index (κ2) is 4.56. The molecule has 1 atom stereocenters. The van der Waals surface area contributed by atoms with Crippen LogP contribution in [-0.4, -0.2) is 11.0 Å². The van der Waals surface area contributed by atoms with Crippen molar-refractivity contribution >= 4 is 28.2 Å². The van der Waals surface area contributed by atoms with Gasteiger partial charge in [0.05, 0.1) is 17.5 Å². The molecule has 5 heteroatoms. The topological polar surface area (TPSA) is 59.2 Å². The number of H-pyrrole nitrogens is 1. The molecule has 104 valence electrons. The first-order valence-corrected chi connectivity index (χ1v) is 7.56. The van der Waals surface area contributed by atoms with Gasteiger partial charge in [-0.1, -0.05) is 12.1 Å². The van der Waals surface area contributed by atoms with E-state index < -0.39 is 0 Å². The number of carbonyl (C=O) groups excluding carboxylic acids is 1. The van der Waals surface area contributed by atoms with Gasteiger partial charge in [-0.25, -0.2) is 0 Å². The summed E-state index contributed by atoms with van der Waals surface area (Å²) >= 11 is 1.55. The number of hydrogen-bond acceptors (Lipinski definition) is 4. The Labute approximate surface area is 124 Å². The molecule has 4 rings (SSSR count). The Morgan fingerprint density at radius 1 is 1.19 bits per heavy atom. The molecule has 21 heavy (non-hydrogen) atoms. The fraction of sp³-hybridized carbons (Fsp3) is 0.125. The van der Waals surface area contributed by atoms with Crippen molar-refractivity contribution in [2.45, 2.75) is 12.3 Å². The highest BCUT2D eigenvalue weighted by Gasteiger charge is 2.32. The summed E-state index contributed by atoms with van der Waals surface area (Å²) in [4.78, 5) is 27.3. The van der Waals surface area contributed by atoms with Gasteiger partial charge in [0.15, 0.2) is 0 Å². The first-order chi connectivity index (χ1) is 10.2. The first-order valence-electron chi connectivity index (χ1n) is 6.62. The van der Waals surface area contributed by atoms with E-state index >= 15 is 0 Å². The predicted molar refractivity (Wildman–Crippen MR) is 81.0 cm³/mol. The number of esters is 1. The van der Waals surface area contributed by atoms with Crippen molar-refractivity contribution in [3.8, 4) is 5.75 Å². The van der Waals surface area contributed by atoms with E-state index in [1.807, 2.05) is 35.0 Å². The summed E-state index contributed by atoms with van der Waals surface area (Å²) in [6.45, 7) is 0. The lowest BCUT2D eigenvalue weighted by molar-refractivity contribution is -0.135. The van der Waals surface area contributed by atoms with Crippen molar-refractivity contribution in [1.82, 2.24) is 4.98 Å². The quantitative estimate of drug-likeness (QED) is 0.702. The number of pyridine rings is 1. The molecule has 0 spiro atoms. The highest BCUT2D eigenvalue weighted by molar-refractivity contribution is 7.08. The molecule has 1 aliphatic heterocycles. The van der Waals surface area contributed by atoms with Crippen LogP contribution in [0.4, 0.5) is 0 Å². The molecule has 1 aromatic carbocycles. The molecule has 0 unspecified atom stereocenters. The Balaban J connectivity index is 2.06. The van der Waals surface area contributed by atoms with E-state index in [1.54, 1.807) is 17.4 Å². The molecule has 0 saturated carbocycles. The van der Waals surface area contributed by atoms with Gasteiger partial charge in [-0.2, -0.15) is 11.3 Å². The van der Waals surface area contributed by atoms with E-state index in [4.69, 9.17) is 4.74 Å². The van der Waals surface area contributed by atoms with Crippen molar-refractivity contribution in [2.24, 2.45) is 0 Å². The standard InChI is InChI=1S/C16H11NO3S/c18-13-7-11(9-5-6-21-8-9)14-15(20-13)10-3-1-2-4-12(10)17-16(14)19/h1-6,8,11H,7H2,(H,17,19)/t11-/m0/s1. The summed E-state index contributed by atoms with van der Waals surface area (Å²) in [6, 6.07) is 9.31. The monoisotopic (exact) mass is 297 g/mol. The normalized spacial score (nSPS) is 17.5. The lowest BCUT2D eigenvalue weighted by atomic mass is 9.88. The number of benzene rings is 1. The van der Waals surface area contributed by atoms with Gasteiger partial charge in [-0.15, -0.1) is 0 Å². The van der Waals surface area contributed by atoms with Crippen LogP contribution in [0, 0.1) is 0 Å². The van der Waals surface area contributed by atoms with Gasteiger partial charge in [-0.05, 0) is 34.5 Å². The third kappa shape index (κ3) is 1.89. The Morgan fingerprint density at radius 3 is 2.86 bits per heavy atom. The maximum atomic E-state index is 12.4. The summed E-state index contributed by atoms with van der Waals surface area (Å²) < 4.78 is 5.40. The number of aromatic nitrogens is 1. The predicted octanol–water partition coefficient (Wildman–Crippen LogP) is 3.03. The third-order valence-corrected chi connectivity index (χ3v) is 4.49. The molecule has 2 aromatic heterocycles. The molecule has 0 amide bonds. The first kappa shape index (κ1) is 12.3. The molecule has 1 aliphatic rings. The Bertz CT molecular complexity index is 896. The zero-order valence-electron chi connectivity index (χ0n) is 11.0. The van der Waals surface area contributed by atoms with Gasteiger partial charge in [0.2, 0.25) is 0 Å². The van der Waals surface area contributed by atoms with E-state index in [-0.39, 0.29) is 23.9 Å². The number of ether oxygens (including phenoxy) is 1. The molecular formula is C16H11NO3S. The van der Waals surface area contributed by atoms with Crippen molar-refractivity contribution in [3.05, 3.63) is 62.6 Å². The molecule has 0 aliphatic carbocycles. The van der Waals surface area contributed by atoms with Crippen molar-refractivity contribution < 1.29 is 9.53 Å². The second-order valence-electron chi connectivity index (χ2n) is 5.03. The fourth-order valence-electron chi connectivity index (χ4n) is 2.84. The van der Waals surface area contributed by atoms with Gasteiger partial charge >= 0.3 is 5.97 Å². The minimum absolute atomic E-state index is 0.188. The van der Waals surface area contributed by atoms with E-state index in [2.05, 4.69) is 4.98 Å². The summed E-state index contributed by atoms with van der Waals surface area (Å²) in [5, 5.41) is 4.69. The van der Waals surface area contributed by atoms with Crippen LogP contribution in [0.15, 0.2) is 45.9 Å². The Hall–Kier alpha value is -2.40. The summed E-state index contributed by atoms with van der Waals surface area (Å²) in [7, 11) is 0. The fourth-order valence-corrected chi connectivity index (χ4v) is 3.55. The van der Waals surface area contributed by atoms with Crippen molar-refractivity contribution in [3.63, 3.8) is 0 Å². The van der Waals surface area contributed by atoms with Gasteiger partial charge < -0.3 is 9.72 Å². The summed E-state index contributed by atoms with van der Waals surface area (Å²) in [5.41, 5.74) is 2.03. The van der Waals surface area contributed by atoms with Gasteiger partial charge in [0.25, 0.3) is 5.56 Å². The number of thiophene rings is 1. The van der Waals surface area contributed by atoms with E-state index in [0.717, 1.165) is 10.9 Å². The van der Waals surface area contributed by atoms with Crippen LogP contribution in [0.25, 0.3) is 10.9 Å². The van der Waals surface area contributed by atoms with E-state index in [9.17, 15) is 9.59 Å². The molecular weight excluding hydrogens is 286 g/mol. The van der Waals surface area contributed by atoms with Crippen LogP contribution in [-0.2, 0) is 4.79 Å². The maximum absolute atomic E-state index is 12.4. The van der Waals surface area contributed by atoms with Gasteiger partial charge in [-0.3, -0.25) is 9.59 Å². The van der Waals surface area contributed by atoms with Gasteiger partial charge in [0, 0.05) is 11.3 Å². The molecule has 1 N–H and O–H groups in total. The molecule has 0 saturated heterocycles. The maximum Gasteiger partial charge on any atom is 0.312 e. The largest absolute Gasteiger partial charge is 0.425 e. The van der Waals surface area contributed by atoms with Crippen LogP contribution >= 0.6 is 11.3 Å². The van der Waals surface area contributed by atoms with Gasteiger partial charge in [0.1, 0.15) is 5.75 Å². The average molecular weight is 297 g/mol. The highest BCUT2D eigenvalue weighted by atomic mass is 32.1. The number of nitrogens with one attached hydrogen (secondary N) is 1. The average Bonchev–Trinajstić information content (AvgIpc) is 3.00. The number of para-hydroxylation sites is 1. The number of carbonyl (C=O) groups is 1. The third-order valence-electron chi connectivity index (χ3n) is 3.79. The van der Waals surface area contributed by atoms with Crippen LogP contribution < -0.4 is 10.3 Å². The minimum Gasteiger partial charge on any atom is -0.425 e. The molecule has 3 heterocycles. The highest BCUT2D eigenvalue weighted by Crippen LogP contribution is 2.40. The lowest BCUT2D eigenvalue weighted by Crippen LogP contribution is -2.28. The van der Waals surface area contributed by atoms with E-state index in [0.29, 0.717) is 16.8 Å². The molecule has 0 bridgehead atoms. The van der Waals surface area contributed by atoms with Crippen molar-refractivity contribution in [2.75, 3.05) is 0 Å². The van der Waals surface area contributed by atoms with Crippen LogP contribution in [0.1, 0.15) is 23.5 Å². The molecule has 3 aromatic rings. The lowest BCUT2D eigenvalue weighted by Gasteiger charge is -2.24. The Morgan fingerprint density at radius 2 is 2.05 bits per heavy atom. The van der Waals surface area contributed by atoms with Crippen LogP contribution in [0.3, 0.4) is 0 Å². The summed E-state index contributed by atoms with van der Waals surface area (Å²) in [5.74, 6) is -0.128. The summed E-state index contributed by atoms with van der Waals surface area (Å²) in [6.07, 6.45) is 0.200. The molecule has 0 radical (unpaired) electrons. The van der Waals surface area contributed by atoms with E-state index in [1.165, 1.54) is 0 Å². The minimum atomic E-state index is -0.297. The molecule has 4 nitrogen and oxygen atoms in total. The number of rotatable bonds is 1.